The number of imide groups is 1. The van der Waals surface area contributed by atoms with Crippen LogP contribution in [0, 0.1) is 11.8 Å². The first-order valence-corrected chi connectivity index (χ1v) is 11.9. The summed E-state index contributed by atoms with van der Waals surface area (Å²) < 4.78 is 5.04. The maximum atomic E-state index is 14.1. The van der Waals surface area contributed by atoms with Crippen molar-refractivity contribution in [3.05, 3.63) is 99.0 Å². The fraction of sp³-hybridized carbons (Fsp3) is 0.192. The average molecular weight is 530 g/mol. The van der Waals surface area contributed by atoms with Crippen molar-refractivity contribution in [2.24, 2.45) is 11.8 Å². The zero-order valence-electron chi connectivity index (χ0n) is 18.4. The van der Waals surface area contributed by atoms with Crippen LogP contribution in [-0.2, 0) is 24.7 Å². The Hall–Kier alpha value is -2.90. The molecule has 0 aliphatic carbocycles. The van der Waals surface area contributed by atoms with Crippen LogP contribution >= 0.6 is 34.8 Å². The van der Waals surface area contributed by atoms with E-state index in [-0.39, 0.29) is 0 Å². The first kappa shape index (κ1) is 23.8. The number of amides is 2. The van der Waals surface area contributed by atoms with E-state index in [1.165, 1.54) is 7.11 Å². The molecule has 5 rings (SSSR count). The zero-order chi connectivity index (χ0) is 24.9. The van der Waals surface area contributed by atoms with Crippen molar-refractivity contribution in [1.82, 2.24) is 5.32 Å². The highest BCUT2D eigenvalue weighted by atomic mass is 35.5. The van der Waals surface area contributed by atoms with Crippen molar-refractivity contribution in [2.75, 3.05) is 12.0 Å². The van der Waals surface area contributed by atoms with Gasteiger partial charge in [0, 0.05) is 15.1 Å². The number of benzene rings is 3. The van der Waals surface area contributed by atoms with Gasteiger partial charge in [-0.05, 0) is 59.7 Å². The first-order valence-electron chi connectivity index (χ1n) is 10.8. The largest absolute Gasteiger partial charge is 0.468 e. The van der Waals surface area contributed by atoms with Gasteiger partial charge in [-0.15, -0.1) is 0 Å². The number of hydrogen-bond donors (Lipinski definition) is 1. The number of nitrogens with zero attached hydrogens (tertiary/aromatic N) is 1. The normalized spacial score (nSPS) is 22.9. The number of halogens is 3. The van der Waals surface area contributed by atoms with Crippen molar-refractivity contribution in [3.63, 3.8) is 0 Å². The van der Waals surface area contributed by atoms with E-state index in [2.05, 4.69) is 5.32 Å². The van der Waals surface area contributed by atoms with E-state index in [9.17, 15) is 14.4 Å². The van der Waals surface area contributed by atoms with Gasteiger partial charge < -0.3 is 4.74 Å². The molecule has 0 aromatic heterocycles. The number of esters is 1. The predicted molar refractivity (Wildman–Crippen MR) is 134 cm³/mol. The van der Waals surface area contributed by atoms with Gasteiger partial charge in [0.25, 0.3) is 0 Å². The molecule has 3 aromatic rings. The highest BCUT2D eigenvalue weighted by Gasteiger charge is 2.68. The lowest BCUT2D eigenvalue weighted by atomic mass is 9.71. The predicted octanol–water partition coefficient (Wildman–Crippen LogP) is 4.84. The third-order valence-corrected chi connectivity index (χ3v) is 7.38. The maximum absolute atomic E-state index is 14.1. The Labute approximate surface area is 216 Å². The van der Waals surface area contributed by atoms with Crippen LogP contribution in [0.3, 0.4) is 0 Å². The summed E-state index contributed by atoms with van der Waals surface area (Å²) in [7, 11) is 1.25. The van der Waals surface area contributed by atoms with Crippen LogP contribution in [-0.4, -0.2) is 30.9 Å². The lowest BCUT2D eigenvalue weighted by Gasteiger charge is -2.36. The summed E-state index contributed by atoms with van der Waals surface area (Å²) >= 11 is 18.7. The molecule has 9 heteroatoms. The average Bonchev–Trinajstić information content (AvgIpc) is 3.34. The van der Waals surface area contributed by atoms with Crippen LogP contribution in [0.25, 0.3) is 0 Å². The minimum atomic E-state index is -1.28. The Morgan fingerprint density at radius 1 is 0.857 bits per heavy atom. The highest BCUT2D eigenvalue weighted by Crippen LogP contribution is 2.53. The van der Waals surface area contributed by atoms with Crippen molar-refractivity contribution < 1.29 is 19.1 Å². The van der Waals surface area contributed by atoms with Crippen molar-refractivity contribution in [2.45, 2.75) is 11.6 Å². The molecule has 3 atom stereocenters. The fourth-order valence-corrected chi connectivity index (χ4v) is 5.75. The number of anilines is 1. The lowest BCUT2D eigenvalue weighted by molar-refractivity contribution is -0.145. The molecule has 0 saturated carbocycles. The minimum Gasteiger partial charge on any atom is -0.468 e. The molecule has 178 valence electrons. The second-order valence-corrected chi connectivity index (χ2v) is 9.77. The third-order valence-electron chi connectivity index (χ3n) is 6.66. The first-order chi connectivity index (χ1) is 16.8. The van der Waals surface area contributed by atoms with Crippen LogP contribution in [0.5, 0.6) is 0 Å². The molecule has 0 spiro atoms. The molecule has 2 heterocycles. The molecule has 2 aliphatic rings. The van der Waals surface area contributed by atoms with Gasteiger partial charge in [0.2, 0.25) is 11.8 Å². The molecule has 0 radical (unpaired) electrons. The van der Waals surface area contributed by atoms with Gasteiger partial charge in [0.1, 0.15) is 6.04 Å². The molecule has 35 heavy (non-hydrogen) atoms. The van der Waals surface area contributed by atoms with E-state index in [0.717, 1.165) is 4.90 Å². The molecular formula is C26H19Cl3N2O4. The van der Waals surface area contributed by atoms with Gasteiger partial charge in [-0.3, -0.25) is 19.7 Å². The number of ether oxygens (including phenoxy) is 1. The minimum absolute atomic E-state index is 0.369. The van der Waals surface area contributed by atoms with Crippen LogP contribution in [0.4, 0.5) is 5.69 Å². The second kappa shape index (κ2) is 8.95. The number of carbonyl (C=O) groups excluding carboxylic acids is 3. The second-order valence-electron chi connectivity index (χ2n) is 8.47. The van der Waals surface area contributed by atoms with Crippen molar-refractivity contribution in [3.8, 4) is 0 Å². The Bertz CT molecular complexity index is 1300. The monoisotopic (exact) mass is 528 g/mol. The highest BCUT2D eigenvalue weighted by molar-refractivity contribution is 6.31. The number of carbonyl (C=O) groups is 3. The smallest absolute Gasteiger partial charge is 0.323 e. The van der Waals surface area contributed by atoms with E-state index >= 15 is 0 Å². The molecule has 3 aromatic carbocycles. The number of nitrogens with one attached hydrogen (secondary N) is 1. The van der Waals surface area contributed by atoms with E-state index in [1.807, 2.05) is 0 Å². The van der Waals surface area contributed by atoms with Crippen molar-refractivity contribution >= 4 is 58.3 Å². The number of rotatable bonds is 4. The molecule has 2 fully saturated rings. The van der Waals surface area contributed by atoms with Gasteiger partial charge >= 0.3 is 5.97 Å². The Morgan fingerprint density at radius 2 is 1.43 bits per heavy atom. The summed E-state index contributed by atoms with van der Waals surface area (Å²) in [6.07, 6.45) is 0. The Balaban J connectivity index is 1.77. The van der Waals surface area contributed by atoms with E-state index in [4.69, 9.17) is 39.5 Å². The number of hydrogen-bond acceptors (Lipinski definition) is 5. The number of fused-ring (bicyclic) bond motifs is 1. The molecule has 2 amide bonds. The summed E-state index contributed by atoms with van der Waals surface area (Å²) in [4.78, 5) is 41.9. The molecule has 6 nitrogen and oxygen atoms in total. The van der Waals surface area contributed by atoms with E-state index < -0.39 is 41.2 Å². The summed E-state index contributed by atoms with van der Waals surface area (Å²) in [5.41, 5.74) is 0.321. The van der Waals surface area contributed by atoms with E-state index in [0.29, 0.717) is 31.9 Å². The fourth-order valence-electron chi connectivity index (χ4n) is 5.24. The van der Waals surface area contributed by atoms with Crippen LogP contribution in [0.15, 0.2) is 72.8 Å². The third kappa shape index (κ3) is 3.72. The Kier molecular flexibility index (Phi) is 6.09. The maximum Gasteiger partial charge on any atom is 0.323 e. The molecule has 2 saturated heterocycles. The van der Waals surface area contributed by atoms with Gasteiger partial charge in [-0.25, -0.2) is 4.90 Å². The summed E-state index contributed by atoms with van der Waals surface area (Å²) in [5, 5.41) is 4.65. The van der Waals surface area contributed by atoms with Gasteiger partial charge in [0.05, 0.1) is 30.2 Å². The SMILES string of the molecule is COC(=O)[C@@H]1NC(c2cccc(Cl)c2)(c2cccc(Cl)c2)[C@@H]2C(=O)N(c3ccc(Cl)cc3)C(=O)[C@H]21. The molecule has 0 bridgehead atoms. The topological polar surface area (TPSA) is 75.7 Å². The molecular weight excluding hydrogens is 511 g/mol. The molecule has 0 unspecified atom stereocenters. The van der Waals surface area contributed by atoms with E-state index in [1.54, 1.807) is 72.8 Å². The quantitative estimate of drug-likeness (QED) is 0.387. The van der Waals surface area contributed by atoms with Crippen molar-refractivity contribution in [1.29, 1.82) is 0 Å². The standard InChI is InChI=1S/C26H19Cl3N2O4/c1-35-25(34)22-20-21(24(33)31(23(20)32)19-10-8-16(27)9-11-19)26(30-22,14-4-2-6-17(28)12-14)15-5-3-7-18(29)13-15/h2-13,20-22,30H,1H3/t20-,21+,22-/m1/s1. The lowest BCUT2D eigenvalue weighted by Crippen LogP contribution is -2.52. The summed E-state index contributed by atoms with van der Waals surface area (Å²) in [6, 6.07) is 19.3. The zero-order valence-corrected chi connectivity index (χ0v) is 20.6. The van der Waals surface area contributed by atoms with Gasteiger partial charge in [-0.1, -0.05) is 59.1 Å². The number of methoxy groups -OCH3 is 1. The van der Waals surface area contributed by atoms with Gasteiger partial charge in [0.15, 0.2) is 0 Å². The summed E-state index contributed by atoms with van der Waals surface area (Å²) in [6.45, 7) is 0. The van der Waals surface area contributed by atoms with Crippen LogP contribution in [0.1, 0.15) is 11.1 Å². The summed E-state index contributed by atoms with van der Waals surface area (Å²) in [5.74, 6) is -3.61. The Morgan fingerprint density at radius 3 is 1.94 bits per heavy atom. The van der Waals surface area contributed by atoms with Gasteiger partial charge in [-0.2, -0.15) is 0 Å². The molecule has 1 N–H and O–H groups in total. The molecule has 2 aliphatic heterocycles. The van der Waals surface area contributed by atoms with Crippen LogP contribution < -0.4 is 10.2 Å². The van der Waals surface area contributed by atoms with Crippen LogP contribution in [0.2, 0.25) is 15.1 Å².